The molecular weight excluding hydrogens is 200 g/mol. The summed E-state index contributed by atoms with van der Waals surface area (Å²) in [5.74, 6) is 1.57. The van der Waals surface area contributed by atoms with Crippen LogP contribution >= 0.6 is 0 Å². The number of anilines is 1. The third-order valence-corrected chi connectivity index (χ3v) is 2.13. The predicted octanol–water partition coefficient (Wildman–Crippen LogP) is 2.28. The van der Waals surface area contributed by atoms with E-state index in [-0.39, 0.29) is 0 Å². The summed E-state index contributed by atoms with van der Waals surface area (Å²) in [6.45, 7) is 4.85. The second-order valence-corrected chi connectivity index (χ2v) is 3.49. The fourth-order valence-corrected chi connectivity index (χ4v) is 1.46. The molecule has 0 aliphatic rings. The number of rotatable bonds is 3. The van der Waals surface area contributed by atoms with Crippen molar-refractivity contribution in [1.82, 2.24) is 15.0 Å². The molecule has 16 heavy (non-hydrogen) atoms. The van der Waals surface area contributed by atoms with Crippen LogP contribution in [0.25, 0.3) is 11.4 Å². The Morgan fingerprint density at radius 3 is 2.88 bits per heavy atom. The van der Waals surface area contributed by atoms with E-state index in [0.29, 0.717) is 5.82 Å². The van der Waals surface area contributed by atoms with Crippen LogP contribution in [0.1, 0.15) is 12.6 Å². The van der Waals surface area contributed by atoms with E-state index >= 15 is 0 Å². The summed E-state index contributed by atoms with van der Waals surface area (Å²) in [6, 6.07) is 5.77. The van der Waals surface area contributed by atoms with Crippen molar-refractivity contribution in [3.8, 4) is 11.4 Å². The van der Waals surface area contributed by atoms with Gasteiger partial charge in [-0.2, -0.15) is 0 Å². The van der Waals surface area contributed by atoms with Crippen molar-refractivity contribution in [2.24, 2.45) is 0 Å². The summed E-state index contributed by atoms with van der Waals surface area (Å²) < 4.78 is 0. The van der Waals surface area contributed by atoms with Gasteiger partial charge in [0.1, 0.15) is 5.82 Å². The van der Waals surface area contributed by atoms with Gasteiger partial charge in [0.25, 0.3) is 0 Å². The van der Waals surface area contributed by atoms with Crippen molar-refractivity contribution in [3.05, 3.63) is 36.3 Å². The molecule has 4 nitrogen and oxygen atoms in total. The van der Waals surface area contributed by atoms with E-state index in [0.717, 1.165) is 23.6 Å². The van der Waals surface area contributed by atoms with E-state index < -0.39 is 0 Å². The summed E-state index contributed by atoms with van der Waals surface area (Å²) in [5, 5.41) is 3.19. The Morgan fingerprint density at radius 1 is 1.31 bits per heavy atom. The molecule has 0 bridgehead atoms. The van der Waals surface area contributed by atoms with Gasteiger partial charge in [-0.1, -0.05) is 0 Å². The third kappa shape index (κ3) is 2.34. The SMILES string of the molecule is CCNc1cc(C)nc(-c2cccnc2)n1. The second-order valence-electron chi connectivity index (χ2n) is 3.49. The van der Waals surface area contributed by atoms with Gasteiger partial charge in [-0.05, 0) is 26.0 Å². The van der Waals surface area contributed by atoms with Crippen LogP contribution in [-0.2, 0) is 0 Å². The first kappa shape index (κ1) is 10.5. The van der Waals surface area contributed by atoms with Gasteiger partial charge in [0, 0.05) is 36.3 Å². The molecule has 0 spiro atoms. The standard InChI is InChI=1S/C12H14N4/c1-3-14-11-7-9(2)15-12(16-11)10-5-4-6-13-8-10/h4-8H,3H2,1-2H3,(H,14,15,16). The monoisotopic (exact) mass is 214 g/mol. The molecule has 0 fully saturated rings. The first-order chi connectivity index (χ1) is 7.79. The maximum absolute atomic E-state index is 4.43. The fourth-order valence-electron chi connectivity index (χ4n) is 1.46. The molecule has 2 aromatic heterocycles. The van der Waals surface area contributed by atoms with Crippen molar-refractivity contribution >= 4 is 5.82 Å². The minimum atomic E-state index is 0.712. The van der Waals surface area contributed by atoms with E-state index in [1.165, 1.54) is 0 Å². The molecule has 0 aliphatic carbocycles. The number of hydrogen-bond acceptors (Lipinski definition) is 4. The number of aryl methyl sites for hydroxylation is 1. The Balaban J connectivity index is 2.41. The van der Waals surface area contributed by atoms with Crippen LogP contribution in [0.4, 0.5) is 5.82 Å². The predicted molar refractivity (Wildman–Crippen MR) is 64.2 cm³/mol. The van der Waals surface area contributed by atoms with Gasteiger partial charge in [0.05, 0.1) is 0 Å². The summed E-state index contributed by atoms with van der Waals surface area (Å²) in [6.07, 6.45) is 3.51. The lowest BCUT2D eigenvalue weighted by atomic mass is 10.2. The van der Waals surface area contributed by atoms with Crippen molar-refractivity contribution in [2.75, 3.05) is 11.9 Å². The molecule has 0 amide bonds. The summed E-state index contributed by atoms with van der Waals surface area (Å²) >= 11 is 0. The van der Waals surface area contributed by atoms with Crippen LogP contribution in [0.3, 0.4) is 0 Å². The van der Waals surface area contributed by atoms with E-state index in [2.05, 4.69) is 20.3 Å². The molecular formula is C12H14N4. The number of pyridine rings is 1. The lowest BCUT2D eigenvalue weighted by Crippen LogP contribution is -2.02. The highest BCUT2D eigenvalue weighted by atomic mass is 15.0. The number of nitrogens with one attached hydrogen (secondary N) is 1. The summed E-state index contributed by atoms with van der Waals surface area (Å²) in [7, 11) is 0. The average Bonchev–Trinajstić information content (AvgIpc) is 2.30. The minimum absolute atomic E-state index is 0.712. The second kappa shape index (κ2) is 4.70. The quantitative estimate of drug-likeness (QED) is 0.851. The van der Waals surface area contributed by atoms with Crippen molar-refractivity contribution < 1.29 is 0 Å². The Bertz CT molecular complexity index is 468. The lowest BCUT2D eigenvalue weighted by molar-refractivity contribution is 1.08. The van der Waals surface area contributed by atoms with Gasteiger partial charge < -0.3 is 5.32 Å². The molecule has 2 heterocycles. The van der Waals surface area contributed by atoms with Gasteiger partial charge >= 0.3 is 0 Å². The lowest BCUT2D eigenvalue weighted by Gasteiger charge is -2.06. The number of hydrogen-bond donors (Lipinski definition) is 1. The van der Waals surface area contributed by atoms with Crippen LogP contribution in [0.15, 0.2) is 30.6 Å². The zero-order valence-electron chi connectivity index (χ0n) is 9.44. The van der Waals surface area contributed by atoms with Crippen LogP contribution < -0.4 is 5.32 Å². The minimum Gasteiger partial charge on any atom is -0.370 e. The zero-order chi connectivity index (χ0) is 11.4. The highest BCUT2D eigenvalue weighted by Crippen LogP contribution is 2.16. The Hall–Kier alpha value is -1.97. The van der Waals surface area contributed by atoms with Gasteiger partial charge in [-0.3, -0.25) is 4.98 Å². The maximum atomic E-state index is 4.43. The van der Waals surface area contributed by atoms with E-state index in [9.17, 15) is 0 Å². The molecule has 0 aromatic carbocycles. The van der Waals surface area contributed by atoms with Crippen LogP contribution in [0.5, 0.6) is 0 Å². The van der Waals surface area contributed by atoms with Crippen molar-refractivity contribution in [3.63, 3.8) is 0 Å². The Labute approximate surface area is 94.8 Å². The van der Waals surface area contributed by atoms with Crippen LogP contribution in [0, 0.1) is 6.92 Å². The van der Waals surface area contributed by atoms with Gasteiger partial charge in [-0.25, -0.2) is 9.97 Å². The van der Waals surface area contributed by atoms with E-state index in [4.69, 9.17) is 0 Å². The van der Waals surface area contributed by atoms with E-state index in [1.54, 1.807) is 12.4 Å². The van der Waals surface area contributed by atoms with Crippen molar-refractivity contribution in [2.45, 2.75) is 13.8 Å². The molecule has 4 heteroatoms. The molecule has 82 valence electrons. The van der Waals surface area contributed by atoms with Gasteiger partial charge in [0.2, 0.25) is 0 Å². The molecule has 0 saturated heterocycles. The molecule has 2 aromatic rings. The van der Waals surface area contributed by atoms with Crippen molar-refractivity contribution in [1.29, 1.82) is 0 Å². The summed E-state index contributed by atoms with van der Waals surface area (Å²) in [4.78, 5) is 12.9. The molecule has 0 radical (unpaired) electrons. The molecule has 2 rings (SSSR count). The van der Waals surface area contributed by atoms with Gasteiger partial charge in [0.15, 0.2) is 5.82 Å². The number of aromatic nitrogens is 3. The van der Waals surface area contributed by atoms with Gasteiger partial charge in [-0.15, -0.1) is 0 Å². The molecule has 0 unspecified atom stereocenters. The van der Waals surface area contributed by atoms with E-state index in [1.807, 2.05) is 32.0 Å². The normalized spacial score (nSPS) is 10.1. The first-order valence-electron chi connectivity index (χ1n) is 5.29. The molecule has 1 N–H and O–H groups in total. The Kier molecular flexibility index (Phi) is 3.10. The highest BCUT2D eigenvalue weighted by molar-refractivity contribution is 5.56. The average molecular weight is 214 g/mol. The first-order valence-corrected chi connectivity index (χ1v) is 5.29. The fraction of sp³-hybridized carbons (Fsp3) is 0.250. The summed E-state index contributed by atoms with van der Waals surface area (Å²) in [5.41, 5.74) is 1.88. The number of nitrogens with zero attached hydrogens (tertiary/aromatic N) is 3. The maximum Gasteiger partial charge on any atom is 0.163 e. The molecule has 0 aliphatic heterocycles. The highest BCUT2D eigenvalue weighted by Gasteiger charge is 2.03. The largest absolute Gasteiger partial charge is 0.370 e. The van der Waals surface area contributed by atoms with Crippen LogP contribution in [0.2, 0.25) is 0 Å². The smallest absolute Gasteiger partial charge is 0.163 e. The van der Waals surface area contributed by atoms with Crippen LogP contribution in [-0.4, -0.2) is 21.5 Å². The molecule has 0 saturated carbocycles. The topological polar surface area (TPSA) is 50.7 Å². The third-order valence-electron chi connectivity index (χ3n) is 2.13. The zero-order valence-corrected chi connectivity index (χ0v) is 9.44. The Morgan fingerprint density at radius 2 is 2.19 bits per heavy atom. The molecule has 0 atom stereocenters.